The maximum absolute atomic E-state index is 4.88. The molecule has 10 aromatic rings. The molecule has 0 unspecified atom stereocenters. The second-order valence-corrected chi connectivity index (χ2v) is 11.1. The van der Waals surface area contributed by atoms with Gasteiger partial charge in [0.15, 0.2) is 0 Å². The second kappa shape index (κ2) is 8.30. The molecule has 0 saturated heterocycles. The first-order valence-electron chi connectivity index (χ1n) is 14.5. The van der Waals surface area contributed by atoms with E-state index < -0.39 is 0 Å². The average molecular weight is 550 g/mol. The Labute approximate surface area is 245 Å². The summed E-state index contributed by atoms with van der Waals surface area (Å²) in [6.07, 6.45) is 5.86. The lowest BCUT2D eigenvalue weighted by Crippen LogP contribution is -1.95. The number of para-hydroxylation sites is 3. The Kier molecular flexibility index (Phi) is 4.39. The van der Waals surface area contributed by atoms with Crippen molar-refractivity contribution >= 4 is 71.1 Å². The maximum Gasteiger partial charge on any atom is 0.146 e. The van der Waals surface area contributed by atoms with Crippen molar-refractivity contribution in [1.82, 2.24) is 23.5 Å². The van der Waals surface area contributed by atoms with Crippen LogP contribution in [0.25, 0.3) is 82.4 Å². The molecule has 0 saturated carbocycles. The summed E-state index contributed by atoms with van der Waals surface area (Å²) in [5.74, 6) is 0. The van der Waals surface area contributed by atoms with Crippen molar-refractivity contribution in [3.05, 3.63) is 140 Å². The third kappa shape index (κ3) is 2.90. The topological polar surface area (TPSA) is 40.1 Å². The fourth-order valence-corrected chi connectivity index (χ4v) is 7.27. The van der Waals surface area contributed by atoms with Gasteiger partial charge in [-0.25, -0.2) is 4.98 Å². The summed E-state index contributed by atoms with van der Waals surface area (Å²) >= 11 is 0. The number of hydrogen-bond donors (Lipinski definition) is 0. The molecule has 0 fully saturated rings. The molecule has 0 spiro atoms. The fourth-order valence-electron chi connectivity index (χ4n) is 7.27. The molecular weight excluding hydrogens is 526 g/mol. The molecule has 200 valence electrons. The summed E-state index contributed by atoms with van der Waals surface area (Å²) < 4.78 is 7.06. The summed E-state index contributed by atoms with van der Waals surface area (Å²) in [4.78, 5) is 9.70. The predicted octanol–water partition coefficient (Wildman–Crippen LogP) is 9.23. The minimum absolute atomic E-state index is 0.919. The van der Waals surface area contributed by atoms with E-state index in [1.807, 2.05) is 18.5 Å². The van der Waals surface area contributed by atoms with Crippen LogP contribution in [-0.4, -0.2) is 23.5 Å². The lowest BCUT2D eigenvalue weighted by Gasteiger charge is -2.10. The number of aromatic nitrogens is 5. The SMILES string of the molecule is c1ccc(-n2c3ccccc3c3c4c5c(ccc6c7ncccc7c7nccn7c65)n(-c5ccccc5)c4ccc32)cc1. The molecule has 0 bridgehead atoms. The largest absolute Gasteiger partial charge is 0.309 e. The molecule has 0 radical (unpaired) electrons. The van der Waals surface area contributed by atoms with Gasteiger partial charge in [-0.3, -0.25) is 9.38 Å². The zero-order valence-corrected chi connectivity index (χ0v) is 23.0. The molecule has 10 rings (SSSR count). The van der Waals surface area contributed by atoms with E-state index in [9.17, 15) is 0 Å². The Bertz CT molecular complexity index is 2710. The molecule has 0 amide bonds. The molecule has 0 aliphatic rings. The Hall–Kier alpha value is -5.94. The van der Waals surface area contributed by atoms with Crippen molar-refractivity contribution in [1.29, 1.82) is 0 Å². The van der Waals surface area contributed by atoms with Gasteiger partial charge in [0.1, 0.15) is 5.65 Å². The second-order valence-electron chi connectivity index (χ2n) is 11.1. The Morgan fingerprint density at radius 2 is 1.05 bits per heavy atom. The van der Waals surface area contributed by atoms with E-state index in [-0.39, 0.29) is 0 Å². The minimum Gasteiger partial charge on any atom is -0.309 e. The van der Waals surface area contributed by atoms with Crippen LogP contribution in [0.2, 0.25) is 0 Å². The molecule has 0 N–H and O–H groups in total. The van der Waals surface area contributed by atoms with E-state index >= 15 is 0 Å². The minimum atomic E-state index is 0.919. The van der Waals surface area contributed by atoms with Crippen molar-refractivity contribution < 1.29 is 0 Å². The number of rotatable bonds is 2. The molecule has 5 aromatic carbocycles. The first-order chi connectivity index (χ1) is 21.4. The van der Waals surface area contributed by atoms with E-state index in [0.29, 0.717) is 0 Å². The van der Waals surface area contributed by atoms with Crippen LogP contribution in [0.5, 0.6) is 0 Å². The monoisotopic (exact) mass is 549 g/mol. The Morgan fingerprint density at radius 3 is 1.84 bits per heavy atom. The maximum atomic E-state index is 4.88. The van der Waals surface area contributed by atoms with Crippen LogP contribution in [-0.2, 0) is 0 Å². The van der Waals surface area contributed by atoms with Gasteiger partial charge in [-0.15, -0.1) is 0 Å². The van der Waals surface area contributed by atoms with E-state index in [1.54, 1.807) is 0 Å². The van der Waals surface area contributed by atoms with Gasteiger partial charge in [0.2, 0.25) is 0 Å². The third-order valence-corrected chi connectivity index (χ3v) is 8.92. The van der Waals surface area contributed by atoms with Crippen LogP contribution in [0.15, 0.2) is 140 Å². The number of pyridine rings is 2. The van der Waals surface area contributed by atoms with Crippen LogP contribution >= 0.6 is 0 Å². The van der Waals surface area contributed by atoms with Crippen molar-refractivity contribution in [2.75, 3.05) is 0 Å². The Balaban J connectivity index is 1.54. The van der Waals surface area contributed by atoms with Gasteiger partial charge in [0.05, 0.1) is 33.1 Å². The summed E-state index contributed by atoms with van der Waals surface area (Å²) in [6, 6.07) is 43.3. The highest BCUT2D eigenvalue weighted by Crippen LogP contribution is 2.45. The standard InChI is InChI=1S/C38H23N5/c1-3-10-24(11-4-1)42-29-16-8-7-14-26(29)33-30(42)19-20-31-34(33)35-32(43(31)25-12-5-2-6-13-25)18-17-27-36-28(15-9-21-39-36)38-40-22-23-41(38)37(27)35/h1-23H. The van der Waals surface area contributed by atoms with Gasteiger partial charge in [-0.1, -0.05) is 54.6 Å². The zero-order valence-electron chi connectivity index (χ0n) is 23.0. The van der Waals surface area contributed by atoms with Gasteiger partial charge >= 0.3 is 0 Å². The third-order valence-electron chi connectivity index (χ3n) is 8.92. The number of benzene rings is 5. The summed E-state index contributed by atoms with van der Waals surface area (Å²) in [7, 11) is 0. The normalized spacial score (nSPS) is 12.2. The summed E-state index contributed by atoms with van der Waals surface area (Å²) in [5, 5.41) is 7.09. The molecular formula is C38H23N5. The highest BCUT2D eigenvalue weighted by molar-refractivity contribution is 6.34. The average Bonchev–Trinajstić information content (AvgIpc) is 3.78. The van der Waals surface area contributed by atoms with Crippen LogP contribution in [0.1, 0.15) is 0 Å². The summed E-state index contributed by atoms with van der Waals surface area (Å²) in [5.41, 5.74) is 10.0. The molecule has 0 aliphatic carbocycles. The van der Waals surface area contributed by atoms with Gasteiger partial charge in [0, 0.05) is 62.3 Å². The van der Waals surface area contributed by atoms with E-state index in [2.05, 4.69) is 135 Å². The van der Waals surface area contributed by atoms with Gasteiger partial charge in [0.25, 0.3) is 0 Å². The molecule has 5 nitrogen and oxygen atoms in total. The van der Waals surface area contributed by atoms with Crippen molar-refractivity contribution in [3.8, 4) is 11.4 Å². The molecule has 5 heterocycles. The smallest absolute Gasteiger partial charge is 0.146 e. The number of imidazole rings is 1. The van der Waals surface area contributed by atoms with Crippen LogP contribution in [0, 0.1) is 0 Å². The Morgan fingerprint density at radius 1 is 0.419 bits per heavy atom. The number of fused-ring (bicyclic) bond motifs is 14. The van der Waals surface area contributed by atoms with E-state index in [0.717, 1.165) is 44.3 Å². The molecule has 43 heavy (non-hydrogen) atoms. The summed E-state index contributed by atoms with van der Waals surface area (Å²) in [6.45, 7) is 0. The van der Waals surface area contributed by atoms with Crippen molar-refractivity contribution in [3.63, 3.8) is 0 Å². The lowest BCUT2D eigenvalue weighted by atomic mass is 10.0. The molecule has 0 aliphatic heterocycles. The highest BCUT2D eigenvalue weighted by atomic mass is 15.0. The molecule has 0 atom stereocenters. The first kappa shape index (κ1) is 22.7. The molecule has 5 aromatic heterocycles. The van der Waals surface area contributed by atoms with Crippen LogP contribution in [0.4, 0.5) is 0 Å². The lowest BCUT2D eigenvalue weighted by molar-refractivity contribution is 1.17. The van der Waals surface area contributed by atoms with Crippen LogP contribution < -0.4 is 0 Å². The zero-order chi connectivity index (χ0) is 28.1. The number of nitrogens with zero attached hydrogens (tertiary/aromatic N) is 5. The van der Waals surface area contributed by atoms with E-state index in [4.69, 9.17) is 9.97 Å². The van der Waals surface area contributed by atoms with Gasteiger partial charge in [-0.2, -0.15) is 0 Å². The quantitative estimate of drug-likeness (QED) is 0.202. The van der Waals surface area contributed by atoms with Crippen molar-refractivity contribution in [2.45, 2.75) is 0 Å². The van der Waals surface area contributed by atoms with Crippen LogP contribution in [0.3, 0.4) is 0 Å². The van der Waals surface area contributed by atoms with E-state index in [1.165, 1.54) is 38.1 Å². The molecule has 5 heteroatoms. The van der Waals surface area contributed by atoms with Crippen molar-refractivity contribution in [2.24, 2.45) is 0 Å². The van der Waals surface area contributed by atoms with Gasteiger partial charge in [-0.05, 0) is 66.7 Å². The first-order valence-corrected chi connectivity index (χ1v) is 14.5. The number of hydrogen-bond acceptors (Lipinski definition) is 2. The fraction of sp³-hybridized carbons (Fsp3) is 0. The highest BCUT2D eigenvalue weighted by Gasteiger charge is 2.23. The van der Waals surface area contributed by atoms with Gasteiger partial charge < -0.3 is 9.13 Å². The predicted molar refractivity (Wildman–Crippen MR) is 177 cm³/mol.